The molecule has 0 aliphatic heterocycles. The molecule has 2 heterocycles. The molecule has 8 heteroatoms. The van der Waals surface area contributed by atoms with Crippen LogP contribution in [0.25, 0.3) is 5.69 Å². The van der Waals surface area contributed by atoms with Crippen molar-refractivity contribution in [3.63, 3.8) is 0 Å². The third-order valence-corrected chi connectivity index (χ3v) is 3.62. The molecule has 0 aliphatic carbocycles. The zero-order chi connectivity index (χ0) is 17.8. The number of nitrogens with zero attached hydrogens (tertiary/aromatic N) is 5. The summed E-state index contributed by atoms with van der Waals surface area (Å²) in [5, 5.41) is 17.7. The molecule has 0 aliphatic rings. The zero-order valence-electron chi connectivity index (χ0n) is 14.5. The number of amides is 2. The van der Waals surface area contributed by atoms with Crippen molar-refractivity contribution in [3.8, 4) is 5.69 Å². The number of urea groups is 1. The van der Waals surface area contributed by atoms with E-state index >= 15 is 0 Å². The van der Waals surface area contributed by atoms with Gasteiger partial charge in [0.25, 0.3) is 0 Å². The van der Waals surface area contributed by atoms with Gasteiger partial charge in [-0.2, -0.15) is 5.10 Å². The lowest BCUT2D eigenvalue weighted by molar-refractivity contribution is 0.251. The summed E-state index contributed by atoms with van der Waals surface area (Å²) >= 11 is 0. The molecule has 2 aromatic heterocycles. The Morgan fingerprint density at radius 2 is 1.88 bits per heavy atom. The molecule has 2 amide bonds. The number of carbonyl (C=O) groups excluding carboxylic acids is 1. The quantitative estimate of drug-likeness (QED) is 0.746. The largest absolute Gasteiger partial charge is 0.336 e. The van der Waals surface area contributed by atoms with Gasteiger partial charge in [0.15, 0.2) is 0 Å². The molecule has 0 bridgehead atoms. The number of nitrogens with one attached hydrogen (secondary N) is 2. The Hall–Kier alpha value is -3.16. The van der Waals surface area contributed by atoms with Gasteiger partial charge in [-0.05, 0) is 44.0 Å². The highest BCUT2D eigenvalue weighted by Gasteiger charge is 2.11. The van der Waals surface area contributed by atoms with E-state index in [1.807, 2.05) is 39.0 Å². The molecular formula is C17H21N7O. The third kappa shape index (κ3) is 4.23. The maximum Gasteiger partial charge on any atom is 0.320 e. The van der Waals surface area contributed by atoms with Crippen molar-refractivity contribution < 1.29 is 4.79 Å². The lowest BCUT2D eigenvalue weighted by atomic mass is 10.1. The van der Waals surface area contributed by atoms with Gasteiger partial charge in [-0.3, -0.25) is 10.00 Å². The van der Waals surface area contributed by atoms with Crippen LogP contribution in [-0.2, 0) is 6.54 Å². The minimum atomic E-state index is -0.286. The van der Waals surface area contributed by atoms with E-state index in [1.165, 1.54) is 0 Å². The molecular weight excluding hydrogens is 318 g/mol. The second-order valence-corrected chi connectivity index (χ2v) is 5.98. The third-order valence-electron chi connectivity index (χ3n) is 3.62. The van der Waals surface area contributed by atoms with Gasteiger partial charge < -0.3 is 5.32 Å². The summed E-state index contributed by atoms with van der Waals surface area (Å²) in [6, 6.07) is 7.73. The first-order chi connectivity index (χ1) is 12.0. The standard InChI is InChI=1S/C17H21N7O/c1-12-8-13(2)10-15(9-12)24-16(11-14(3)21-24)20-17(25)18-4-6-23-7-5-19-22-23/h5,7-11H,4,6H2,1-3H3,(H2,18,20,25). The summed E-state index contributed by atoms with van der Waals surface area (Å²) in [7, 11) is 0. The Morgan fingerprint density at radius 1 is 1.12 bits per heavy atom. The molecule has 0 saturated heterocycles. The van der Waals surface area contributed by atoms with E-state index < -0.39 is 0 Å². The van der Waals surface area contributed by atoms with E-state index in [1.54, 1.807) is 21.8 Å². The molecule has 25 heavy (non-hydrogen) atoms. The maximum absolute atomic E-state index is 12.2. The average Bonchev–Trinajstić information content (AvgIpc) is 3.16. The molecule has 0 atom stereocenters. The zero-order valence-corrected chi connectivity index (χ0v) is 14.5. The summed E-state index contributed by atoms with van der Waals surface area (Å²) in [6.45, 7) is 6.98. The Bertz CT molecular complexity index is 847. The molecule has 130 valence electrons. The fraction of sp³-hybridized carbons (Fsp3) is 0.294. The Kier molecular flexibility index (Phi) is 4.78. The van der Waals surface area contributed by atoms with Crippen molar-refractivity contribution in [2.24, 2.45) is 0 Å². The van der Waals surface area contributed by atoms with Crippen LogP contribution in [0.1, 0.15) is 16.8 Å². The summed E-state index contributed by atoms with van der Waals surface area (Å²) in [5.41, 5.74) is 4.04. The molecule has 3 rings (SSSR count). The number of aryl methyl sites for hydroxylation is 3. The number of anilines is 1. The highest BCUT2D eigenvalue weighted by atomic mass is 16.2. The van der Waals surface area contributed by atoms with Gasteiger partial charge in [-0.1, -0.05) is 11.3 Å². The molecule has 2 N–H and O–H groups in total. The Morgan fingerprint density at radius 3 is 2.56 bits per heavy atom. The number of rotatable bonds is 5. The lowest BCUT2D eigenvalue weighted by Gasteiger charge is -2.11. The molecule has 0 fully saturated rings. The van der Waals surface area contributed by atoms with Gasteiger partial charge in [0.1, 0.15) is 5.82 Å². The van der Waals surface area contributed by atoms with E-state index in [9.17, 15) is 4.79 Å². The number of carbonyl (C=O) groups is 1. The predicted octanol–water partition coefficient (Wildman–Crippen LogP) is 2.21. The summed E-state index contributed by atoms with van der Waals surface area (Å²) in [6.07, 6.45) is 3.35. The molecule has 0 spiro atoms. The van der Waals surface area contributed by atoms with Crippen molar-refractivity contribution in [2.45, 2.75) is 27.3 Å². The van der Waals surface area contributed by atoms with Crippen LogP contribution in [0.2, 0.25) is 0 Å². The molecule has 0 unspecified atom stereocenters. The van der Waals surface area contributed by atoms with E-state index in [2.05, 4.69) is 32.1 Å². The molecule has 0 saturated carbocycles. The summed E-state index contributed by atoms with van der Waals surface area (Å²) in [5.74, 6) is 0.626. The van der Waals surface area contributed by atoms with E-state index in [-0.39, 0.29) is 6.03 Å². The van der Waals surface area contributed by atoms with Crippen LogP contribution in [-0.4, -0.2) is 37.4 Å². The van der Waals surface area contributed by atoms with Crippen molar-refractivity contribution in [3.05, 3.63) is 53.5 Å². The topological polar surface area (TPSA) is 89.7 Å². The first-order valence-corrected chi connectivity index (χ1v) is 8.05. The average molecular weight is 339 g/mol. The van der Waals surface area contributed by atoms with Crippen molar-refractivity contribution in [2.75, 3.05) is 11.9 Å². The van der Waals surface area contributed by atoms with Crippen LogP contribution < -0.4 is 10.6 Å². The van der Waals surface area contributed by atoms with Crippen LogP contribution in [0.5, 0.6) is 0 Å². The fourth-order valence-corrected chi connectivity index (χ4v) is 2.65. The van der Waals surface area contributed by atoms with Gasteiger partial charge in [0.05, 0.1) is 24.1 Å². The number of benzene rings is 1. The second-order valence-electron chi connectivity index (χ2n) is 5.98. The molecule has 3 aromatic rings. The smallest absolute Gasteiger partial charge is 0.320 e. The van der Waals surface area contributed by atoms with E-state index in [0.29, 0.717) is 18.9 Å². The monoisotopic (exact) mass is 339 g/mol. The van der Waals surface area contributed by atoms with Gasteiger partial charge in [0.2, 0.25) is 0 Å². The molecule has 1 aromatic carbocycles. The summed E-state index contributed by atoms with van der Waals surface area (Å²) < 4.78 is 3.40. The fourth-order valence-electron chi connectivity index (χ4n) is 2.65. The Balaban J connectivity index is 1.69. The van der Waals surface area contributed by atoms with E-state index in [0.717, 1.165) is 22.5 Å². The van der Waals surface area contributed by atoms with Crippen LogP contribution in [0, 0.1) is 20.8 Å². The first kappa shape index (κ1) is 16.7. The lowest BCUT2D eigenvalue weighted by Crippen LogP contribution is -2.32. The minimum absolute atomic E-state index is 0.286. The number of hydrogen-bond donors (Lipinski definition) is 2. The van der Waals surface area contributed by atoms with Gasteiger partial charge >= 0.3 is 6.03 Å². The van der Waals surface area contributed by atoms with Crippen molar-refractivity contribution in [1.82, 2.24) is 30.1 Å². The van der Waals surface area contributed by atoms with Crippen LogP contribution in [0.4, 0.5) is 10.6 Å². The van der Waals surface area contributed by atoms with Crippen LogP contribution in [0.15, 0.2) is 36.7 Å². The highest BCUT2D eigenvalue weighted by molar-refractivity contribution is 5.88. The normalized spacial score (nSPS) is 10.7. The van der Waals surface area contributed by atoms with Crippen molar-refractivity contribution in [1.29, 1.82) is 0 Å². The van der Waals surface area contributed by atoms with Gasteiger partial charge in [0, 0.05) is 18.8 Å². The van der Waals surface area contributed by atoms with Crippen molar-refractivity contribution >= 4 is 11.8 Å². The molecule has 0 radical (unpaired) electrons. The van der Waals surface area contributed by atoms with Gasteiger partial charge in [-0.25, -0.2) is 9.48 Å². The number of aromatic nitrogens is 5. The van der Waals surface area contributed by atoms with Crippen LogP contribution >= 0.6 is 0 Å². The second kappa shape index (κ2) is 7.16. The van der Waals surface area contributed by atoms with Crippen LogP contribution in [0.3, 0.4) is 0 Å². The SMILES string of the molecule is Cc1cc(C)cc(-n2nc(C)cc2NC(=O)NCCn2ccnn2)c1. The predicted molar refractivity (Wildman–Crippen MR) is 94.8 cm³/mol. The first-order valence-electron chi connectivity index (χ1n) is 8.05. The minimum Gasteiger partial charge on any atom is -0.336 e. The van der Waals surface area contributed by atoms with Gasteiger partial charge in [-0.15, -0.1) is 5.10 Å². The summed E-state index contributed by atoms with van der Waals surface area (Å²) in [4.78, 5) is 12.2. The molecule has 8 nitrogen and oxygen atoms in total. The maximum atomic E-state index is 12.2. The highest BCUT2D eigenvalue weighted by Crippen LogP contribution is 2.19. The number of hydrogen-bond acceptors (Lipinski definition) is 4. The Labute approximate surface area is 145 Å². The van der Waals surface area contributed by atoms with E-state index in [4.69, 9.17) is 0 Å².